The fourth-order valence-electron chi connectivity index (χ4n) is 4.49. The van der Waals surface area contributed by atoms with Crippen molar-refractivity contribution in [2.24, 2.45) is 5.92 Å². The molecule has 1 saturated carbocycles. The monoisotopic (exact) mass is 378 g/mol. The lowest BCUT2D eigenvalue weighted by Gasteiger charge is -2.28. The van der Waals surface area contributed by atoms with Gasteiger partial charge in [-0.2, -0.15) is 0 Å². The van der Waals surface area contributed by atoms with Crippen LogP contribution in [0.4, 0.5) is 0 Å². The molecule has 1 fully saturated rings. The highest BCUT2D eigenvalue weighted by Gasteiger charge is 2.27. The summed E-state index contributed by atoms with van der Waals surface area (Å²) in [5.74, 6) is 2.07. The van der Waals surface area contributed by atoms with Gasteiger partial charge < -0.3 is 5.11 Å². The van der Waals surface area contributed by atoms with Gasteiger partial charge in [0, 0.05) is 11.1 Å². The summed E-state index contributed by atoms with van der Waals surface area (Å²) in [6.07, 6.45) is 5.35. The van der Waals surface area contributed by atoms with Crippen LogP contribution in [0.1, 0.15) is 96.8 Å². The number of aromatic hydroxyl groups is 1. The number of rotatable bonds is 2. The second kappa shape index (κ2) is 7.58. The molecule has 0 heterocycles. The van der Waals surface area contributed by atoms with Gasteiger partial charge in [0.2, 0.25) is 0 Å². The van der Waals surface area contributed by atoms with Crippen molar-refractivity contribution < 1.29 is 5.11 Å². The molecule has 0 bridgehead atoms. The molecule has 0 aliphatic heterocycles. The van der Waals surface area contributed by atoms with Crippen LogP contribution in [-0.4, -0.2) is 5.11 Å². The van der Waals surface area contributed by atoms with Gasteiger partial charge in [0.05, 0.1) is 0 Å². The van der Waals surface area contributed by atoms with Crippen molar-refractivity contribution in [1.82, 2.24) is 0 Å². The Kier molecular flexibility index (Phi) is 5.67. The normalized spacial score (nSPS) is 21.0. The zero-order chi connectivity index (χ0) is 20.7. The molecule has 1 N–H and O–H groups in total. The van der Waals surface area contributed by atoms with Crippen LogP contribution in [0.15, 0.2) is 36.4 Å². The zero-order valence-corrected chi connectivity index (χ0v) is 18.9. The molecule has 0 aromatic heterocycles. The first kappa shape index (κ1) is 21.0. The van der Waals surface area contributed by atoms with Gasteiger partial charge in [0.1, 0.15) is 5.75 Å². The van der Waals surface area contributed by atoms with E-state index in [1.54, 1.807) is 0 Å². The van der Waals surface area contributed by atoms with E-state index < -0.39 is 0 Å². The summed E-state index contributed by atoms with van der Waals surface area (Å²) in [6, 6.07) is 13.6. The van der Waals surface area contributed by atoms with Gasteiger partial charge in [-0.25, -0.2) is 0 Å². The highest BCUT2D eigenvalue weighted by Crippen LogP contribution is 2.42. The maximum Gasteiger partial charge on any atom is 0.123 e. The van der Waals surface area contributed by atoms with Crippen molar-refractivity contribution in [3.8, 4) is 16.9 Å². The molecule has 152 valence electrons. The molecule has 3 rings (SSSR count). The van der Waals surface area contributed by atoms with E-state index in [9.17, 15) is 5.11 Å². The second-order valence-electron chi connectivity index (χ2n) is 11.0. The number of phenols is 1. The quantitative estimate of drug-likeness (QED) is 0.562. The van der Waals surface area contributed by atoms with E-state index in [-0.39, 0.29) is 10.8 Å². The molecule has 2 aromatic rings. The summed E-state index contributed by atoms with van der Waals surface area (Å²) in [5, 5.41) is 11.0. The third-order valence-electron chi connectivity index (χ3n) is 6.46. The Morgan fingerprint density at radius 2 is 1.18 bits per heavy atom. The SMILES string of the molecule is CC1CCC(c2ccc(-c3cc(C(C)(C)C)c(O)c(C(C)(C)C)c3)cc2)CC1. The summed E-state index contributed by atoms with van der Waals surface area (Å²) in [4.78, 5) is 0. The Labute approximate surface area is 172 Å². The van der Waals surface area contributed by atoms with Crippen LogP contribution < -0.4 is 0 Å². The highest BCUT2D eigenvalue weighted by molar-refractivity contribution is 5.69. The average molecular weight is 379 g/mol. The fourth-order valence-corrected chi connectivity index (χ4v) is 4.49. The van der Waals surface area contributed by atoms with Crippen molar-refractivity contribution in [2.45, 2.75) is 90.9 Å². The molecular formula is C27H38O. The smallest absolute Gasteiger partial charge is 0.123 e. The molecular weight excluding hydrogens is 340 g/mol. The van der Waals surface area contributed by atoms with Gasteiger partial charge in [0.15, 0.2) is 0 Å². The lowest BCUT2D eigenvalue weighted by molar-refractivity contribution is 0.348. The maximum absolute atomic E-state index is 11.0. The molecule has 0 radical (unpaired) electrons. The molecule has 1 nitrogen and oxygen atoms in total. The van der Waals surface area contributed by atoms with E-state index in [4.69, 9.17) is 0 Å². The molecule has 0 spiro atoms. The minimum absolute atomic E-state index is 0.0984. The summed E-state index contributed by atoms with van der Waals surface area (Å²) in [5.41, 5.74) is 5.79. The third kappa shape index (κ3) is 4.45. The Bertz CT molecular complexity index is 772. The van der Waals surface area contributed by atoms with Gasteiger partial charge in [-0.15, -0.1) is 0 Å². The van der Waals surface area contributed by atoms with E-state index >= 15 is 0 Å². The summed E-state index contributed by atoms with van der Waals surface area (Å²) >= 11 is 0. The minimum atomic E-state index is -0.0984. The van der Waals surface area contributed by atoms with Crippen LogP contribution in [0.3, 0.4) is 0 Å². The van der Waals surface area contributed by atoms with Gasteiger partial charge in [-0.3, -0.25) is 0 Å². The molecule has 28 heavy (non-hydrogen) atoms. The van der Waals surface area contributed by atoms with Gasteiger partial charge in [-0.05, 0) is 64.3 Å². The molecule has 2 aromatic carbocycles. The van der Waals surface area contributed by atoms with Crippen LogP contribution >= 0.6 is 0 Å². The fraction of sp³-hybridized carbons (Fsp3) is 0.556. The number of phenolic OH excluding ortho intramolecular Hbond substituents is 1. The molecule has 1 heteroatoms. The molecule has 1 aliphatic carbocycles. The first-order valence-electron chi connectivity index (χ1n) is 10.9. The van der Waals surface area contributed by atoms with Crippen molar-refractivity contribution >= 4 is 0 Å². The van der Waals surface area contributed by atoms with Crippen LogP contribution in [0, 0.1) is 5.92 Å². The largest absolute Gasteiger partial charge is 0.507 e. The minimum Gasteiger partial charge on any atom is -0.507 e. The van der Waals surface area contributed by atoms with Crippen LogP contribution in [0.25, 0.3) is 11.1 Å². The van der Waals surface area contributed by atoms with Crippen LogP contribution in [0.5, 0.6) is 5.75 Å². The molecule has 1 aliphatic rings. The summed E-state index contributed by atoms with van der Waals surface area (Å²) in [6.45, 7) is 15.4. The number of hydrogen-bond donors (Lipinski definition) is 1. The molecule has 0 unspecified atom stereocenters. The average Bonchev–Trinajstić information content (AvgIpc) is 2.61. The number of hydrogen-bond acceptors (Lipinski definition) is 1. The topological polar surface area (TPSA) is 20.2 Å². The Balaban J connectivity index is 1.99. The van der Waals surface area contributed by atoms with Gasteiger partial charge >= 0.3 is 0 Å². The van der Waals surface area contributed by atoms with Crippen LogP contribution in [-0.2, 0) is 10.8 Å². The van der Waals surface area contributed by atoms with E-state index in [1.807, 2.05) is 0 Å². The van der Waals surface area contributed by atoms with Crippen molar-refractivity contribution in [3.63, 3.8) is 0 Å². The predicted octanol–water partition coefficient (Wildman–Crippen LogP) is 7.95. The van der Waals surface area contributed by atoms with E-state index in [2.05, 4.69) is 84.9 Å². The van der Waals surface area contributed by atoms with Crippen molar-refractivity contribution in [1.29, 1.82) is 0 Å². The van der Waals surface area contributed by atoms with Gasteiger partial charge in [-0.1, -0.05) is 85.6 Å². The molecule has 0 saturated heterocycles. The summed E-state index contributed by atoms with van der Waals surface area (Å²) in [7, 11) is 0. The molecule has 0 amide bonds. The third-order valence-corrected chi connectivity index (χ3v) is 6.46. The lowest BCUT2D eigenvalue weighted by atomic mass is 9.77. The lowest BCUT2D eigenvalue weighted by Crippen LogP contribution is -2.17. The Morgan fingerprint density at radius 1 is 0.714 bits per heavy atom. The zero-order valence-electron chi connectivity index (χ0n) is 18.9. The highest BCUT2D eigenvalue weighted by atomic mass is 16.3. The first-order chi connectivity index (χ1) is 13.0. The predicted molar refractivity (Wildman–Crippen MR) is 121 cm³/mol. The first-order valence-corrected chi connectivity index (χ1v) is 10.9. The maximum atomic E-state index is 11.0. The Hall–Kier alpha value is -1.76. The standard InChI is InChI=1S/C27H38O/c1-18-8-10-19(11-9-18)20-12-14-21(15-13-20)22-16-23(26(2,3)4)25(28)24(17-22)27(5,6)7/h12-19,28H,8-11H2,1-7H3. The van der Waals surface area contributed by atoms with Gasteiger partial charge in [0.25, 0.3) is 0 Å². The Morgan fingerprint density at radius 3 is 1.61 bits per heavy atom. The van der Waals surface area contributed by atoms with Crippen molar-refractivity contribution in [2.75, 3.05) is 0 Å². The van der Waals surface area contributed by atoms with E-state index in [0.717, 1.165) is 23.0 Å². The van der Waals surface area contributed by atoms with E-state index in [0.29, 0.717) is 5.75 Å². The van der Waals surface area contributed by atoms with Crippen LogP contribution in [0.2, 0.25) is 0 Å². The van der Waals surface area contributed by atoms with Crippen molar-refractivity contribution in [3.05, 3.63) is 53.1 Å². The summed E-state index contributed by atoms with van der Waals surface area (Å²) < 4.78 is 0. The second-order valence-corrected chi connectivity index (χ2v) is 11.0. The number of benzene rings is 2. The molecule has 0 atom stereocenters. The van der Waals surface area contributed by atoms with E-state index in [1.165, 1.54) is 42.4 Å².